The molecule has 0 unspecified atom stereocenters. The second kappa shape index (κ2) is 10.4. The van der Waals surface area contributed by atoms with Crippen LogP contribution in [0.4, 0.5) is 5.69 Å². The van der Waals surface area contributed by atoms with E-state index in [0.29, 0.717) is 44.1 Å². The Bertz CT molecular complexity index is 758. The maximum Gasteiger partial charge on any atom is 0.254 e. The first kappa shape index (κ1) is 22.2. The number of benzene rings is 1. The number of carbonyl (C=O) groups excluding carboxylic acids is 2. The smallest absolute Gasteiger partial charge is 0.254 e. The van der Waals surface area contributed by atoms with Gasteiger partial charge >= 0.3 is 0 Å². The average Bonchev–Trinajstić information content (AvgIpc) is 2.69. The highest BCUT2D eigenvalue weighted by atomic mass is 32.2. The molecule has 8 nitrogen and oxygen atoms in total. The van der Waals surface area contributed by atoms with Crippen LogP contribution in [-0.4, -0.2) is 70.8 Å². The van der Waals surface area contributed by atoms with Crippen molar-refractivity contribution in [2.75, 3.05) is 50.0 Å². The Morgan fingerprint density at radius 3 is 2.36 bits per heavy atom. The van der Waals surface area contributed by atoms with E-state index in [2.05, 4.69) is 12.2 Å². The average molecular weight is 412 g/mol. The van der Waals surface area contributed by atoms with Crippen LogP contribution in [0.5, 0.6) is 0 Å². The molecule has 1 aliphatic rings. The summed E-state index contributed by atoms with van der Waals surface area (Å²) in [6, 6.07) is 6.28. The number of carbonyl (C=O) groups is 2. The standard InChI is InChI=1S/C19H29N3O5S/c1-3-4-5-10-20-18(23)15-22(28(2,25)26)17-8-6-16(7-9-17)19(24)21-11-13-27-14-12-21/h6-9H,3-5,10-15H2,1-2H3,(H,20,23). The van der Waals surface area contributed by atoms with Crippen molar-refractivity contribution in [1.82, 2.24) is 10.2 Å². The summed E-state index contributed by atoms with van der Waals surface area (Å²) in [5, 5.41) is 2.74. The molecule has 2 rings (SSSR count). The predicted octanol–water partition coefficient (Wildman–Crippen LogP) is 1.23. The molecule has 1 aromatic rings. The molecule has 0 atom stereocenters. The largest absolute Gasteiger partial charge is 0.378 e. The fourth-order valence-corrected chi connectivity index (χ4v) is 3.76. The van der Waals surface area contributed by atoms with Crippen molar-refractivity contribution < 1.29 is 22.7 Å². The number of morpholine rings is 1. The third kappa shape index (κ3) is 6.49. The highest BCUT2D eigenvalue weighted by Crippen LogP contribution is 2.19. The number of nitrogens with one attached hydrogen (secondary N) is 1. The van der Waals surface area contributed by atoms with Crippen LogP contribution in [0, 0.1) is 0 Å². The number of ether oxygens (including phenoxy) is 1. The summed E-state index contributed by atoms with van der Waals surface area (Å²) >= 11 is 0. The van der Waals surface area contributed by atoms with Crippen LogP contribution in [0.1, 0.15) is 36.5 Å². The SMILES string of the molecule is CCCCCNC(=O)CN(c1ccc(C(=O)N2CCOCC2)cc1)S(C)(=O)=O. The lowest BCUT2D eigenvalue weighted by Crippen LogP contribution is -2.41. The van der Waals surface area contributed by atoms with E-state index in [0.717, 1.165) is 29.8 Å². The summed E-state index contributed by atoms with van der Waals surface area (Å²) in [6.45, 7) is 4.40. The van der Waals surface area contributed by atoms with E-state index in [1.54, 1.807) is 29.2 Å². The van der Waals surface area contributed by atoms with Gasteiger partial charge in [0.1, 0.15) is 6.54 Å². The normalized spacial score (nSPS) is 14.6. The maximum absolute atomic E-state index is 12.5. The molecule has 0 aliphatic carbocycles. The first-order chi connectivity index (χ1) is 13.3. The molecule has 0 spiro atoms. The highest BCUT2D eigenvalue weighted by molar-refractivity contribution is 7.92. The van der Waals surface area contributed by atoms with Crippen molar-refractivity contribution in [1.29, 1.82) is 0 Å². The Hall–Kier alpha value is -2.13. The molecule has 0 bridgehead atoms. The third-order valence-electron chi connectivity index (χ3n) is 4.49. The molecule has 9 heteroatoms. The third-order valence-corrected chi connectivity index (χ3v) is 5.63. The number of hydrogen-bond acceptors (Lipinski definition) is 5. The van der Waals surface area contributed by atoms with E-state index in [4.69, 9.17) is 4.74 Å². The van der Waals surface area contributed by atoms with E-state index in [1.807, 2.05) is 0 Å². The van der Waals surface area contributed by atoms with Gasteiger partial charge in [0.25, 0.3) is 5.91 Å². The van der Waals surface area contributed by atoms with Gasteiger partial charge < -0.3 is 15.0 Å². The molecule has 1 aromatic carbocycles. The summed E-state index contributed by atoms with van der Waals surface area (Å²) in [5.41, 5.74) is 0.827. The molecule has 28 heavy (non-hydrogen) atoms. The fraction of sp³-hybridized carbons (Fsp3) is 0.579. The van der Waals surface area contributed by atoms with Crippen LogP contribution in [0.2, 0.25) is 0 Å². The lowest BCUT2D eigenvalue weighted by atomic mass is 10.1. The predicted molar refractivity (Wildman–Crippen MR) is 108 cm³/mol. The van der Waals surface area contributed by atoms with Crippen LogP contribution in [0.3, 0.4) is 0 Å². The zero-order valence-electron chi connectivity index (χ0n) is 16.5. The molecule has 1 N–H and O–H groups in total. The van der Waals surface area contributed by atoms with Crippen molar-refractivity contribution >= 4 is 27.5 Å². The number of amides is 2. The van der Waals surface area contributed by atoms with Gasteiger partial charge in [0.15, 0.2) is 0 Å². The number of unbranched alkanes of at least 4 members (excludes halogenated alkanes) is 2. The molecule has 0 saturated carbocycles. The van der Waals surface area contributed by atoms with Crippen molar-refractivity contribution in [3.05, 3.63) is 29.8 Å². The number of rotatable bonds is 9. The molecule has 0 aromatic heterocycles. The molecule has 1 aliphatic heterocycles. The van der Waals surface area contributed by atoms with E-state index in [9.17, 15) is 18.0 Å². The summed E-state index contributed by atoms with van der Waals surface area (Å²) in [7, 11) is -3.64. The van der Waals surface area contributed by atoms with Gasteiger partial charge in [0.05, 0.1) is 25.2 Å². The quantitative estimate of drug-likeness (QED) is 0.617. The van der Waals surface area contributed by atoms with Gasteiger partial charge in [-0.3, -0.25) is 13.9 Å². The van der Waals surface area contributed by atoms with E-state index in [-0.39, 0.29) is 18.4 Å². The monoisotopic (exact) mass is 411 g/mol. The first-order valence-electron chi connectivity index (χ1n) is 9.54. The first-order valence-corrected chi connectivity index (χ1v) is 11.4. The van der Waals surface area contributed by atoms with Crippen LogP contribution in [0.25, 0.3) is 0 Å². The van der Waals surface area contributed by atoms with Gasteiger partial charge in [0, 0.05) is 25.2 Å². The Kier molecular flexibility index (Phi) is 8.25. The molecule has 2 amide bonds. The van der Waals surface area contributed by atoms with Crippen LogP contribution < -0.4 is 9.62 Å². The Morgan fingerprint density at radius 2 is 1.79 bits per heavy atom. The molecular formula is C19H29N3O5S. The number of nitrogens with zero attached hydrogens (tertiary/aromatic N) is 2. The van der Waals surface area contributed by atoms with Gasteiger partial charge in [-0.1, -0.05) is 19.8 Å². The number of hydrogen-bond donors (Lipinski definition) is 1. The summed E-state index contributed by atoms with van der Waals surface area (Å²) < 4.78 is 30.6. The van der Waals surface area contributed by atoms with Crippen LogP contribution in [-0.2, 0) is 19.6 Å². The molecular weight excluding hydrogens is 382 g/mol. The maximum atomic E-state index is 12.5. The summed E-state index contributed by atoms with van der Waals surface area (Å²) in [5.74, 6) is -0.468. The summed E-state index contributed by atoms with van der Waals surface area (Å²) in [6.07, 6.45) is 3.97. The van der Waals surface area contributed by atoms with Crippen LogP contribution in [0.15, 0.2) is 24.3 Å². The van der Waals surface area contributed by atoms with Crippen molar-refractivity contribution in [3.8, 4) is 0 Å². The second-order valence-electron chi connectivity index (χ2n) is 6.78. The minimum atomic E-state index is -3.64. The summed E-state index contributed by atoms with van der Waals surface area (Å²) in [4.78, 5) is 26.3. The van der Waals surface area contributed by atoms with Crippen LogP contribution >= 0.6 is 0 Å². The van der Waals surface area contributed by atoms with Gasteiger partial charge in [-0.05, 0) is 30.7 Å². The lowest BCUT2D eigenvalue weighted by molar-refractivity contribution is -0.119. The Balaban J connectivity index is 2.05. The lowest BCUT2D eigenvalue weighted by Gasteiger charge is -2.27. The molecule has 1 fully saturated rings. The van der Waals surface area contributed by atoms with Gasteiger partial charge in [-0.15, -0.1) is 0 Å². The van der Waals surface area contributed by atoms with Crippen molar-refractivity contribution in [2.45, 2.75) is 26.2 Å². The number of anilines is 1. The van der Waals surface area contributed by atoms with Crippen molar-refractivity contribution in [3.63, 3.8) is 0 Å². The van der Waals surface area contributed by atoms with Gasteiger partial charge in [-0.2, -0.15) is 0 Å². The Labute approximate surface area is 166 Å². The molecule has 156 valence electrons. The zero-order valence-corrected chi connectivity index (χ0v) is 17.3. The zero-order chi connectivity index (χ0) is 20.6. The van der Waals surface area contributed by atoms with Gasteiger partial charge in [0.2, 0.25) is 15.9 Å². The minimum Gasteiger partial charge on any atom is -0.378 e. The van der Waals surface area contributed by atoms with Crippen molar-refractivity contribution in [2.24, 2.45) is 0 Å². The molecule has 1 heterocycles. The van der Waals surface area contributed by atoms with E-state index >= 15 is 0 Å². The fourth-order valence-electron chi connectivity index (χ4n) is 2.91. The van der Waals surface area contributed by atoms with E-state index < -0.39 is 10.0 Å². The topological polar surface area (TPSA) is 96.0 Å². The highest BCUT2D eigenvalue weighted by Gasteiger charge is 2.22. The Morgan fingerprint density at radius 1 is 1.14 bits per heavy atom. The number of sulfonamides is 1. The molecule has 0 radical (unpaired) electrons. The van der Waals surface area contributed by atoms with Gasteiger partial charge in [-0.25, -0.2) is 8.42 Å². The molecule has 1 saturated heterocycles. The van der Waals surface area contributed by atoms with E-state index in [1.165, 1.54) is 0 Å². The minimum absolute atomic E-state index is 0.116. The second-order valence-corrected chi connectivity index (χ2v) is 8.68.